The highest BCUT2D eigenvalue weighted by atomic mass is 15.1. The van der Waals surface area contributed by atoms with Gasteiger partial charge in [-0.1, -0.05) is 65.5 Å². The summed E-state index contributed by atoms with van der Waals surface area (Å²) in [4.78, 5) is 2.45. The van der Waals surface area contributed by atoms with Crippen molar-refractivity contribution in [2.24, 2.45) is 11.8 Å². The monoisotopic (exact) mass is 303 g/mol. The second-order valence-electron chi connectivity index (χ2n) is 7.35. The van der Waals surface area contributed by atoms with Crippen LogP contribution in [-0.2, 0) is 6.42 Å². The number of unbranched alkanes of at least 4 members (excludes halogenated alkanes) is 1. The summed E-state index contributed by atoms with van der Waals surface area (Å²) in [5.74, 6) is 1.62. The molecule has 0 heterocycles. The molecule has 1 heteroatoms. The average Bonchev–Trinajstić information content (AvgIpc) is 2.46. The third-order valence-electron chi connectivity index (χ3n) is 4.73. The second-order valence-corrected chi connectivity index (χ2v) is 7.35. The van der Waals surface area contributed by atoms with Gasteiger partial charge < -0.3 is 4.90 Å². The van der Waals surface area contributed by atoms with Gasteiger partial charge in [0.05, 0.1) is 0 Å². The molecule has 22 heavy (non-hydrogen) atoms. The van der Waals surface area contributed by atoms with Crippen molar-refractivity contribution in [3.8, 4) is 0 Å². The molecule has 0 radical (unpaired) electrons. The number of hydrogen-bond acceptors (Lipinski definition) is 1. The predicted molar refractivity (Wildman–Crippen MR) is 101 cm³/mol. The third kappa shape index (κ3) is 6.42. The van der Waals surface area contributed by atoms with Crippen LogP contribution in [-0.4, -0.2) is 13.6 Å². The maximum atomic E-state index is 2.45. The van der Waals surface area contributed by atoms with Gasteiger partial charge in [0.25, 0.3) is 0 Å². The van der Waals surface area contributed by atoms with E-state index < -0.39 is 0 Å². The topological polar surface area (TPSA) is 3.24 Å². The van der Waals surface area contributed by atoms with Crippen molar-refractivity contribution in [2.45, 2.75) is 73.1 Å². The zero-order valence-electron chi connectivity index (χ0n) is 15.8. The Labute approximate surface area is 139 Å². The summed E-state index contributed by atoms with van der Waals surface area (Å²) in [5.41, 5.74) is 4.29. The second kappa shape index (κ2) is 9.92. The largest absolute Gasteiger partial charge is 0.374 e. The fourth-order valence-corrected chi connectivity index (χ4v) is 3.29. The summed E-state index contributed by atoms with van der Waals surface area (Å²) in [7, 11) is 2.25. The van der Waals surface area contributed by atoms with Crippen LogP contribution in [0.4, 0.5) is 5.69 Å². The first kappa shape index (κ1) is 19.1. The maximum absolute atomic E-state index is 2.45. The highest BCUT2D eigenvalue weighted by molar-refractivity contribution is 5.53. The molecule has 0 saturated carbocycles. The Morgan fingerprint density at radius 2 is 1.82 bits per heavy atom. The molecule has 0 N–H and O–H groups in total. The maximum Gasteiger partial charge on any atom is 0.0393 e. The third-order valence-corrected chi connectivity index (χ3v) is 4.73. The minimum atomic E-state index is 0.729. The molecule has 0 saturated heterocycles. The van der Waals surface area contributed by atoms with Gasteiger partial charge in [-0.05, 0) is 48.8 Å². The molecule has 1 rings (SSSR count). The van der Waals surface area contributed by atoms with Crippen molar-refractivity contribution in [3.63, 3.8) is 0 Å². The van der Waals surface area contributed by atoms with Crippen molar-refractivity contribution in [1.29, 1.82) is 0 Å². The lowest BCUT2D eigenvalue weighted by molar-refractivity contribution is 0.424. The first-order valence-electron chi connectivity index (χ1n) is 9.28. The Bertz CT molecular complexity index is 422. The van der Waals surface area contributed by atoms with Crippen LogP contribution in [0.2, 0.25) is 0 Å². The molecule has 1 atom stereocenters. The molecule has 1 aromatic rings. The summed E-state index contributed by atoms with van der Waals surface area (Å²) in [6.07, 6.45) is 7.92. The van der Waals surface area contributed by atoms with E-state index in [2.05, 4.69) is 64.8 Å². The van der Waals surface area contributed by atoms with Crippen LogP contribution in [0, 0.1) is 18.8 Å². The lowest BCUT2D eigenvalue weighted by atomic mass is 9.95. The molecule has 0 aliphatic heterocycles. The Balaban J connectivity index is 2.59. The van der Waals surface area contributed by atoms with Crippen LogP contribution < -0.4 is 4.90 Å². The molecule has 1 unspecified atom stereocenters. The Morgan fingerprint density at radius 3 is 2.36 bits per heavy atom. The molecule has 0 bridgehead atoms. The molecule has 1 aromatic carbocycles. The van der Waals surface area contributed by atoms with Crippen molar-refractivity contribution < 1.29 is 0 Å². The summed E-state index contributed by atoms with van der Waals surface area (Å²) >= 11 is 0. The molecule has 0 aromatic heterocycles. The normalized spacial score (nSPS) is 12.7. The summed E-state index contributed by atoms with van der Waals surface area (Å²) in [6.45, 7) is 12.6. The van der Waals surface area contributed by atoms with E-state index in [1.807, 2.05) is 0 Å². The molecule has 0 fully saturated rings. The van der Waals surface area contributed by atoms with Crippen LogP contribution in [0.25, 0.3) is 0 Å². The minimum absolute atomic E-state index is 0.729. The average molecular weight is 304 g/mol. The molecular formula is C21H37N. The first-order valence-corrected chi connectivity index (χ1v) is 9.28. The summed E-state index contributed by atoms with van der Waals surface area (Å²) in [6, 6.07) is 7.01. The van der Waals surface area contributed by atoms with Gasteiger partial charge >= 0.3 is 0 Å². The number of anilines is 1. The van der Waals surface area contributed by atoms with E-state index in [4.69, 9.17) is 0 Å². The van der Waals surface area contributed by atoms with E-state index in [1.54, 1.807) is 0 Å². The Hall–Kier alpha value is -0.980. The highest BCUT2D eigenvalue weighted by Crippen LogP contribution is 2.24. The van der Waals surface area contributed by atoms with Crippen molar-refractivity contribution in [1.82, 2.24) is 0 Å². The van der Waals surface area contributed by atoms with E-state index in [0.717, 1.165) is 11.8 Å². The molecule has 0 aliphatic carbocycles. The summed E-state index contributed by atoms with van der Waals surface area (Å²) < 4.78 is 0. The van der Waals surface area contributed by atoms with Gasteiger partial charge in [0, 0.05) is 19.3 Å². The van der Waals surface area contributed by atoms with Crippen molar-refractivity contribution in [2.75, 3.05) is 18.5 Å². The predicted octanol–water partition coefficient (Wildman–Crippen LogP) is 6.24. The van der Waals surface area contributed by atoms with Gasteiger partial charge in [-0.25, -0.2) is 0 Å². The Kier molecular flexibility index (Phi) is 8.60. The van der Waals surface area contributed by atoms with Gasteiger partial charge in [-0.15, -0.1) is 0 Å². The van der Waals surface area contributed by atoms with Crippen LogP contribution in [0.15, 0.2) is 18.2 Å². The van der Waals surface area contributed by atoms with Gasteiger partial charge in [0.15, 0.2) is 0 Å². The van der Waals surface area contributed by atoms with E-state index in [0.29, 0.717) is 0 Å². The quantitative estimate of drug-likeness (QED) is 0.495. The fraction of sp³-hybridized carbons (Fsp3) is 0.714. The van der Waals surface area contributed by atoms with Gasteiger partial charge in [-0.3, -0.25) is 0 Å². The lowest BCUT2D eigenvalue weighted by Crippen LogP contribution is -2.22. The van der Waals surface area contributed by atoms with E-state index in [9.17, 15) is 0 Å². The van der Waals surface area contributed by atoms with Crippen molar-refractivity contribution in [3.05, 3.63) is 29.3 Å². The zero-order chi connectivity index (χ0) is 16.5. The molecule has 0 aliphatic rings. The lowest BCUT2D eigenvalue weighted by Gasteiger charge is -2.25. The van der Waals surface area contributed by atoms with Crippen LogP contribution in [0.1, 0.15) is 70.9 Å². The SMILES string of the molecule is CCCCC(CC)CCN(C)c1ccc(CC(C)C)cc1C. The minimum Gasteiger partial charge on any atom is -0.374 e. The number of benzene rings is 1. The van der Waals surface area contributed by atoms with Crippen LogP contribution in [0.3, 0.4) is 0 Å². The smallest absolute Gasteiger partial charge is 0.0393 e. The van der Waals surface area contributed by atoms with Crippen LogP contribution in [0.5, 0.6) is 0 Å². The van der Waals surface area contributed by atoms with E-state index >= 15 is 0 Å². The molecule has 0 amide bonds. The zero-order valence-corrected chi connectivity index (χ0v) is 15.8. The van der Waals surface area contributed by atoms with Gasteiger partial charge in [0.2, 0.25) is 0 Å². The number of hydrogen-bond donors (Lipinski definition) is 0. The van der Waals surface area contributed by atoms with Gasteiger partial charge in [-0.2, -0.15) is 0 Å². The number of nitrogens with zero attached hydrogens (tertiary/aromatic N) is 1. The van der Waals surface area contributed by atoms with Crippen LogP contribution >= 0.6 is 0 Å². The first-order chi connectivity index (χ1) is 10.5. The molecule has 126 valence electrons. The van der Waals surface area contributed by atoms with E-state index in [-0.39, 0.29) is 0 Å². The van der Waals surface area contributed by atoms with Gasteiger partial charge in [0.1, 0.15) is 0 Å². The van der Waals surface area contributed by atoms with E-state index in [1.165, 1.54) is 61.9 Å². The van der Waals surface area contributed by atoms with Crippen molar-refractivity contribution >= 4 is 5.69 Å². The molecule has 0 spiro atoms. The Morgan fingerprint density at radius 1 is 1.09 bits per heavy atom. The standard InChI is InChI=1S/C21H37N/c1-7-9-10-19(8-2)13-14-22(6)21-12-11-20(15-17(3)4)16-18(21)5/h11-12,16-17,19H,7-10,13-15H2,1-6H3. The molecular weight excluding hydrogens is 266 g/mol. The molecule has 1 nitrogen and oxygen atoms in total. The highest BCUT2D eigenvalue weighted by Gasteiger charge is 2.10. The number of aryl methyl sites for hydroxylation is 1. The summed E-state index contributed by atoms with van der Waals surface area (Å²) in [5, 5.41) is 0. The number of rotatable bonds is 10. The fourth-order valence-electron chi connectivity index (χ4n) is 3.29.